The monoisotopic (exact) mass is 284 g/mol. The zero-order valence-corrected chi connectivity index (χ0v) is 13.4. The van der Waals surface area contributed by atoms with E-state index in [1.165, 1.54) is 11.4 Å². The van der Waals surface area contributed by atoms with Gasteiger partial charge in [-0.15, -0.1) is 0 Å². The van der Waals surface area contributed by atoms with Gasteiger partial charge < -0.3 is 9.80 Å². The van der Waals surface area contributed by atoms with Crippen molar-refractivity contribution in [1.82, 2.24) is 9.97 Å². The Hall–Kier alpha value is -1.84. The van der Waals surface area contributed by atoms with Crippen LogP contribution in [0.3, 0.4) is 0 Å². The highest BCUT2D eigenvalue weighted by Crippen LogP contribution is 2.40. The average molecular weight is 284 g/mol. The summed E-state index contributed by atoms with van der Waals surface area (Å²) in [5.74, 6) is 1.28. The molecule has 2 heterocycles. The molecule has 1 aliphatic heterocycles. The summed E-state index contributed by atoms with van der Waals surface area (Å²) in [6.07, 6.45) is 3.56. The van der Waals surface area contributed by atoms with E-state index >= 15 is 0 Å². The summed E-state index contributed by atoms with van der Waals surface area (Å²) in [7, 11) is 0. The Labute approximate surface area is 126 Å². The lowest BCUT2D eigenvalue weighted by atomic mass is 10.1. The van der Waals surface area contributed by atoms with Gasteiger partial charge in [0, 0.05) is 25.5 Å². The van der Waals surface area contributed by atoms with Crippen LogP contribution in [0.25, 0.3) is 11.0 Å². The van der Waals surface area contributed by atoms with Gasteiger partial charge in [0.25, 0.3) is 0 Å². The third kappa shape index (κ3) is 2.67. The fraction of sp³-hybridized carbons (Fsp3) is 0.529. The van der Waals surface area contributed by atoms with Crippen molar-refractivity contribution in [3.05, 3.63) is 24.5 Å². The van der Waals surface area contributed by atoms with E-state index in [-0.39, 0.29) is 0 Å². The normalized spacial score (nSPS) is 14.6. The van der Waals surface area contributed by atoms with Gasteiger partial charge in [0.15, 0.2) is 0 Å². The van der Waals surface area contributed by atoms with Crippen LogP contribution in [0.15, 0.2) is 24.5 Å². The minimum absolute atomic E-state index is 0.628. The van der Waals surface area contributed by atoms with Crippen molar-refractivity contribution >= 4 is 22.4 Å². The Morgan fingerprint density at radius 3 is 2.33 bits per heavy atom. The van der Waals surface area contributed by atoms with Crippen LogP contribution in [0, 0.1) is 11.8 Å². The molecular formula is C17H24N4. The maximum absolute atomic E-state index is 4.59. The maximum Gasteiger partial charge on any atom is 0.114 e. The molecule has 1 aromatic carbocycles. The van der Waals surface area contributed by atoms with Crippen molar-refractivity contribution < 1.29 is 0 Å². The fourth-order valence-electron chi connectivity index (χ4n) is 3.12. The van der Waals surface area contributed by atoms with E-state index in [0.29, 0.717) is 11.8 Å². The minimum Gasteiger partial charge on any atom is -0.352 e. The van der Waals surface area contributed by atoms with Gasteiger partial charge in [-0.3, -0.25) is 9.97 Å². The first-order valence-corrected chi connectivity index (χ1v) is 7.80. The molecule has 0 spiro atoms. The predicted octanol–water partition coefficient (Wildman–Crippen LogP) is 3.53. The summed E-state index contributed by atoms with van der Waals surface area (Å²) in [5.41, 5.74) is 4.57. The molecule has 4 nitrogen and oxygen atoms in total. The molecule has 0 bridgehead atoms. The summed E-state index contributed by atoms with van der Waals surface area (Å²) in [4.78, 5) is 14.0. The number of nitrogens with zero attached hydrogens (tertiary/aromatic N) is 4. The summed E-state index contributed by atoms with van der Waals surface area (Å²) < 4.78 is 0. The van der Waals surface area contributed by atoms with Crippen LogP contribution in [0.1, 0.15) is 27.7 Å². The molecule has 0 aliphatic carbocycles. The molecule has 0 saturated carbocycles. The standard InChI is InChI=1S/C17H24N4/c1-12(2)9-20-11-21(10-13(3)4)17-15(20)6-5-14-16(17)19-8-7-18-14/h5-8,12-13H,9-11H2,1-4H3. The maximum atomic E-state index is 4.59. The number of rotatable bonds is 4. The number of aromatic nitrogens is 2. The Balaban J connectivity index is 2.09. The molecule has 0 radical (unpaired) electrons. The second kappa shape index (κ2) is 5.51. The zero-order chi connectivity index (χ0) is 15.0. The quantitative estimate of drug-likeness (QED) is 0.860. The molecule has 0 amide bonds. The van der Waals surface area contributed by atoms with Gasteiger partial charge in [-0.05, 0) is 24.0 Å². The second-order valence-corrected chi connectivity index (χ2v) is 6.73. The average Bonchev–Trinajstić information content (AvgIpc) is 2.75. The van der Waals surface area contributed by atoms with Gasteiger partial charge in [-0.25, -0.2) is 0 Å². The van der Waals surface area contributed by atoms with Crippen molar-refractivity contribution in [2.24, 2.45) is 11.8 Å². The molecule has 4 heteroatoms. The van der Waals surface area contributed by atoms with E-state index in [1.807, 2.05) is 0 Å². The number of benzene rings is 1. The molecule has 0 atom stereocenters. The van der Waals surface area contributed by atoms with Gasteiger partial charge >= 0.3 is 0 Å². The molecule has 1 aromatic heterocycles. The van der Waals surface area contributed by atoms with Crippen LogP contribution >= 0.6 is 0 Å². The van der Waals surface area contributed by atoms with Crippen molar-refractivity contribution in [2.45, 2.75) is 27.7 Å². The van der Waals surface area contributed by atoms with E-state index in [4.69, 9.17) is 0 Å². The Morgan fingerprint density at radius 2 is 1.62 bits per heavy atom. The van der Waals surface area contributed by atoms with Crippen LogP contribution in [0.4, 0.5) is 11.4 Å². The molecular weight excluding hydrogens is 260 g/mol. The minimum atomic E-state index is 0.628. The van der Waals surface area contributed by atoms with E-state index in [2.05, 4.69) is 59.6 Å². The number of hydrogen-bond donors (Lipinski definition) is 0. The van der Waals surface area contributed by atoms with Crippen LogP contribution in [0.2, 0.25) is 0 Å². The van der Waals surface area contributed by atoms with Crippen LogP contribution in [0.5, 0.6) is 0 Å². The van der Waals surface area contributed by atoms with E-state index in [9.17, 15) is 0 Å². The molecule has 0 fully saturated rings. The van der Waals surface area contributed by atoms with Gasteiger partial charge in [0.05, 0.1) is 23.6 Å². The highest BCUT2D eigenvalue weighted by Gasteiger charge is 2.29. The highest BCUT2D eigenvalue weighted by atomic mass is 15.4. The number of hydrogen-bond acceptors (Lipinski definition) is 4. The lowest BCUT2D eigenvalue weighted by Gasteiger charge is -2.24. The van der Waals surface area contributed by atoms with E-state index in [0.717, 1.165) is 30.8 Å². The Bertz CT molecular complexity index is 636. The first-order chi connectivity index (χ1) is 10.1. The lowest BCUT2D eigenvalue weighted by Crippen LogP contribution is -2.35. The summed E-state index contributed by atoms with van der Waals surface area (Å²) in [6, 6.07) is 4.29. The van der Waals surface area contributed by atoms with Crippen LogP contribution < -0.4 is 9.80 Å². The predicted molar refractivity (Wildman–Crippen MR) is 88.8 cm³/mol. The molecule has 2 aromatic rings. The van der Waals surface area contributed by atoms with E-state index in [1.54, 1.807) is 12.4 Å². The summed E-state index contributed by atoms with van der Waals surface area (Å²) >= 11 is 0. The van der Waals surface area contributed by atoms with Crippen molar-refractivity contribution in [1.29, 1.82) is 0 Å². The number of anilines is 2. The summed E-state index contributed by atoms with van der Waals surface area (Å²) in [6.45, 7) is 12.2. The molecule has 3 rings (SSSR count). The SMILES string of the molecule is CC(C)CN1CN(CC(C)C)c2c1ccc1nccnc21. The third-order valence-electron chi connectivity index (χ3n) is 3.76. The first-order valence-electron chi connectivity index (χ1n) is 7.80. The largest absolute Gasteiger partial charge is 0.352 e. The molecule has 21 heavy (non-hydrogen) atoms. The van der Waals surface area contributed by atoms with E-state index < -0.39 is 0 Å². The smallest absolute Gasteiger partial charge is 0.114 e. The topological polar surface area (TPSA) is 32.3 Å². The number of fused-ring (bicyclic) bond motifs is 3. The third-order valence-corrected chi connectivity index (χ3v) is 3.76. The second-order valence-electron chi connectivity index (χ2n) is 6.73. The van der Waals surface area contributed by atoms with Crippen LogP contribution in [-0.2, 0) is 0 Å². The Morgan fingerprint density at radius 1 is 0.952 bits per heavy atom. The Kier molecular flexibility index (Phi) is 3.70. The highest BCUT2D eigenvalue weighted by molar-refractivity contribution is 5.98. The lowest BCUT2D eigenvalue weighted by molar-refractivity contribution is 0.584. The van der Waals surface area contributed by atoms with Gasteiger partial charge in [-0.2, -0.15) is 0 Å². The van der Waals surface area contributed by atoms with Gasteiger partial charge in [0.1, 0.15) is 5.52 Å². The van der Waals surface area contributed by atoms with Crippen molar-refractivity contribution in [3.63, 3.8) is 0 Å². The van der Waals surface area contributed by atoms with Gasteiger partial charge in [0.2, 0.25) is 0 Å². The van der Waals surface area contributed by atoms with Gasteiger partial charge in [-0.1, -0.05) is 27.7 Å². The molecule has 0 N–H and O–H groups in total. The molecule has 0 unspecified atom stereocenters. The molecule has 112 valence electrons. The van der Waals surface area contributed by atoms with Crippen molar-refractivity contribution in [3.8, 4) is 0 Å². The summed E-state index contributed by atoms with van der Waals surface area (Å²) in [5, 5.41) is 0. The fourth-order valence-corrected chi connectivity index (χ4v) is 3.12. The zero-order valence-electron chi connectivity index (χ0n) is 13.4. The van der Waals surface area contributed by atoms with Crippen LogP contribution in [-0.4, -0.2) is 29.7 Å². The molecule has 0 saturated heterocycles. The molecule has 1 aliphatic rings. The van der Waals surface area contributed by atoms with Crippen molar-refractivity contribution in [2.75, 3.05) is 29.6 Å². The first kappa shape index (κ1) is 14.1.